The van der Waals surface area contributed by atoms with Crippen molar-refractivity contribution >= 4 is 33.1 Å². The first-order valence-corrected chi connectivity index (χ1v) is 10.3. The number of benzene rings is 2. The molecule has 2 heterocycles. The summed E-state index contributed by atoms with van der Waals surface area (Å²) in [5, 5.41) is 7.83. The molecule has 2 aliphatic heterocycles. The minimum Gasteiger partial charge on any atom is -0.496 e. The van der Waals surface area contributed by atoms with E-state index in [9.17, 15) is 0 Å². The van der Waals surface area contributed by atoms with Crippen LogP contribution in [0.5, 0.6) is 5.75 Å². The van der Waals surface area contributed by atoms with Crippen molar-refractivity contribution in [1.29, 1.82) is 0 Å². The molecular weight excluding hydrogens is 426 g/mol. The number of ether oxygens (including phenoxy) is 1. The van der Waals surface area contributed by atoms with E-state index >= 15 is 0 Å². The normalized spacial score (nSPS) is 19.0. The zero-order valence-electron chi connectivity index (χ0n) is 15.3. The summed E-state index contributed by atoms with van der Waals surface area (Å²) in [6.07, 6.45) is 4.40. The highest BCUT2D eigenvalue weighted by molar-refractivity contribution is 9.10. The quantitative estimate of drug-likeness (QED) is 0.724. The van der Waals surface area contributed by atoms with Crippen molar-refractivity contribution in [3.8, 4) is 5.75 Å². The lowest BCUT2D eigenvalue weighted by Crippen LogP contribution is -2.44. The number of nitrogens with zero attached hydrogens (tertiary/aromatic N) is 1. The molecule has 142 valence electrons. The lowest BCUT2D eigenvalue weighted by molar-refractivity contribution is 0.302. The number of rotatable bonds is 5. The summed E-state index contributed by atoms with van der Waals surface area (Å²) in [4.78, 5) is 2.32. The second-order valence-electron chi connectivity index (χ2n) is 6.90. The molecule has 6 heteroatoms. The van der Waals surface area contributed by atoms with E-state index in [0.717, 1.165) is 47.8 Å². The summed E-state index contributed by atoms with van der Waals surface area (Å²) in [6, 6.07) is 12.3. The molecule has 2 aromatic rings. The number of fused-ring (bicyclic) bond motifs is 1. The van der Waals surface area contributed by atoms with E-state index in [1.807, 2.05) is 24.3 Å². The Morgan fingerprint density at radius 2 is 2.15 bits per heavy atom. The van der Waals surface area contributed by atoms with Crippen LogP contribution < -0.4 is 15.4 Å². The Morgan fingerprint density at radius 1 is 1.26 bits per heavy atom. The fraction of sp³-hybridized carbons (Fsp3) is 0.333. The summed E-state index contributed by atoms with van der Waals surface area (Å²) < 4.78 is 6.58. The van der Waals surface area contributed by atoms with Gasteiger partial charge in [-0.05, 0) is 59.4 Å². The molecule has 4 rings (SSSR count). The van der Waals surface area contributed by atoms with Gasteiger partial charge < -0.3 is 9.64 Å². The van der Waals surface area contributed by atoms with Gasteiger partial charge in [0, 0.05) is 28.8 Å². The number of aryl methyl sites for hydroxylation is 1. The molecule has 0 amide bonds. The Balaban J connectivity index is 1.61. The van der Waals surface area contributed by atoms with E-state index in [2.05, 4.69) is 49.8 Å². The number of hydrogen-bond donors (Lipinski definition) is 2. The molecule has 2 N–H and O–H groups in total. The van der Waals surface area contributed by atoms with Gasteiger partial charge >= 0.3 is 0 Å². The molecule has 1 unspecified atom stereocenters. The van der Waals surface area contributed by atoms with Crippen LogP contribution in [0.2, 0.25) is 5.02 Å². The Bertz CT molecular complexity index is 871. The number of halogens is 2. The summed E-state index contributed by atoms with van der Waals surface area (Å²) in [7, 11) is 1.71. The van der Waals surface area contributed by atoms with Crippen molar-refractivity contribution in [2.24, 2.45) is 0 Å². The van der Waals surface area contributed by atoms with Gasteiger partial charge in [0.2, 0.25) is 0 Å². The first-order chi connectivity index (χ1) is 13.2. The lowest BCUT2D eigenvalue weighted by atomic mass is 9.94. The maximum atomic E-state index is 6.62. The highest BCUT2D eigenvalue weighted by Gasteiger charge is 2.26. The standard InChI is InChI=1S/C21H23BrClN3O/c1-27-20-8-6-16(22)9-14(20)5-7-18-17(3-2-4-19(18)23)15-10-25-21-11-24-13-26(21)12-15/h2-4,6,8-9,12,21,24-25H,5,7,10-11,13H2,1H3. The molecule has 4 nitrogen and oxygen atoms in total. The summed E-state index contributed by atoms with van der Waals surface area (Å²) >= 11 is 10.2. The molecule has 0 radical (unpaired) electrons. The molecule has 1 fully saturated rings. The lowest BCUT2D eigenvalue weighted by Gasteiger charge is -2.30. The Morgan fingerprint density at radius 3 is 3.00 bits per heavy atom. The Labute approximate surface area is 173 Å². The minimum atomic E-state index is 0.391. The maximum absolute atomic E-state index is 6.62. The summed E-state index contributed by atoms with van der Waals surface area (Å²) in [6.45, 7) is 2.72. The molecule has 0 aliphatic carbocycles. The topological polar surface area (TPSA) is 36.5 Å². The van der Waals surface area contributed by atoms with Crippen molar-refractivity contribution in [3.05, 3.63) is 68.8 Å². The molecule has 27 heavy (non-hydrogen) atoms. The molecule has 0 spiro atoms. The summed E-state index contributed by atoms with van der Waals surface area (Å²) in [5.41, 5.74) is 4.89. The zero-order valence-corrected chi connectivity index (χ0v) is 17.6. The molecule has 1 saturated heterocycles. The third kappa shape index (κ3) is 4.02. The van der Waals surface area contributed by atoms with E-state index in [1.165, 1.54) is 22.3 Å². The molecule has 0 saturated carbocycles. The summed E-state index contributed by atoms with van der Waals surface area (Å²) in [5.74, 6) is 0.913. The van der Waals surface area contributed by atoms with Gasteiger partial charge in [-0.2, -0.15) is 0 Å². The van der Waals surface area contributed by atoms with Crippen LogP contribution in [0.15, 0.2) is 47.1 Å². The van der Waals surface area contributed by atoms with Crippen LogP contribution in [0.1, 0.15) is 16.7 Å². The van der Waals surface area contributed by atoms with Gasteiger partial charge in [0.15, 0.2) is 0 Å². The first kappa shape index (κ1) is 18.8. The van der Waals surface area contributed by atoms with E-state index in [1.54, 1.807) is 7.11 Å². The van der Waals surface area contributed by atoms with Crippen LogP contribution >= 0.6 is 27.5 Å². The molecular formula is C21H23BrClN3O. The van der Waals surface area contributed by atoms with E-state index in [4.69, 9.17) is 16.3 Å². The van der Waals surface area contributed by atoms with Crippen LogP contribution in [0.3, 0.4) is 0 Å². The van der Waals surface area contributed by atoms with Crippen LogP contribution in [-0.4, -0.2) is 37.9 Å². The fourth-order valence-corrected chi connectivity index (χ4v) is 4.51. The Kier molecular flexibility index (Phi) is 5.74. The van der Waals surface area contributed by atoms with E-state index in [-0.39, 0.29) is 0 Å². The van der Waals surface area contributed by atoms with Gasteiger partial charge in [-0.3, -0.25) is 10.6 Å². The predicted molar refractivity (Wildman–Crippen MR) is 114 cm³/mol. The monoisotopic (exact) mass is 447 g/mol. The van der Waals surface area contributed by atoms with E-state index < -0.39 is 0 Å². The van der Waals surface area contributed by atoms with Crippen molar-refractivity contribution in [2.75, 3.05) is 26.9 Å². The van der Waals surface area contributed by atoms with E-state index in [0.29, 0.717) is 6.17 Å². The van der Waals surface area contributed by atoms with Crippen molar-refractivity contribution in [2.45, 2.75) is 19.0 Å². The molecule has 0 bridgehead atoms. The van der Waals surface area contributed by atoms with Crippen LogP contribution in [0.25, 0.3) is 5.57 Å². The molecule has 2 aromatic carbocycles. The van der Waals surface area contributed by atoms with Gasteiger partial charge in [0.05, 0.1) is 19.9 Å². The third-order valence-corrected chi connectivity index (χ3v) is 6.08. The van der Waals surface area contributed by atoms with Crippen molar-refractivity contribution in [1.82, 2.24) is 15.5 Å². The van der Waals surface area contributed by atoms with Gasteiger partial charge in [-0.25, -0.2) is 0 Å². The zero-order chi connectivity index (χ0) is 18.8. The van der Waals surface area contributed by atoms with Gasteiger partial charge in [-0.15, -0.1) is 0 Å². The number of methoxy groups -OCH3 is 1. The average molecular weight is 449 g/mol. The van der Waals surface area contributed by atoms with Crippen LogP contribution in [0.4, 0.5) is 0 Å². The minimum absolute atomic E-state index is 0.391. The fourth-order valence-electron chi connectivity index (χ4n) is 3.84. The average Bonchev–Trinajstić information content (AvgIpc) is 3.15. The van der Waals surface area contributed by atoms with Gasteiger partial charge in [0.1, 0.15) is 5.75 Å². The molecule has 1 atom stereocenters. The first-order valence-electron chi connectivity index (χ1n) is 9.16. The predicted octanol–water partition coefficient (Wildman–Crippen LogP) is 4.03. The van der Waals surface area contributed by atoms with Crippen molar-refractivity contribution in [3.63, 3.8) is 0 Å². The largest absolute Gasteiger partial charge is 0.496 e. The Hall–Kier alpha value is -1.53. The van der Waals surface area contributed by atoms with Gasteiger partial charge in [0.25, 0.3) is 0 Å². The SMILES string of the molecule is COc1ccc(Br)cc1CCc1c(Cl)cccc1C1=CN2CNCC2NC1. The number of nitrogens with one attached hydrogen (secondary N) is 2. The van der Waals surface area contributed by atoms with Crippen molar-refractivity contribution < 1.29 is 4.74 Å². The van der Waals surface area contributed by atoms with Crippen LogP contribution in [0, 0.1) is 0 Å². The molecule has 2 aliphatic rings. The second-order valence-corrected chi connectivity index (χ2v) is 8.22. The highest BCUT2D eigenvalue weighted by atomic mass is 79.9. The third-order valence-electron chi connectivity index (χ3n) is 5.23. The van der Waals surface area contributed by atoms with Crippen LogP contribution in [-0.2, 0) is 12.8 Å². The smallest absolute Gasteiger partial charge is 0.122 e. The maximum Gasteiger partial charge on any atom is 0.122 e. The highest BCUT2D eigenvalue weighted by Crippen LogP contribution is 2.31. The van der Waals surface area contributed by atoms with Gasteiger partial charge in [-0.1, -0.05) is 39.7 Å². The second kappa shape index (κ2) is 8.23. The number of hydrogen-bond acceptors (Lipinski definition) is 4. The molecule has 0 aromatic heterocycles.